The van der Waals surface area contributed by atoms with Crippen LogP contribution >= 0.6 is 23.2 Å². The van der Waals surface area contributed by atoms with Gasteiger partial charge in [-0.3, -0.25) is 20.4 Å². The van der Waals surface area contributed by atoms with Gasteiger partial charge >= 0.3 is 0 Å². The van der Waals surface area contributed by atoms with E-state index >= 15 is 0 Å². The first kappa shape index (κ1) is 17.1. The molecular weight excluding hydrogens is 323 g/mol. The molecule has 2 N–H and O–H groups in total. The second-order valence-electron chi connectivity index (χ2n) is 3.83. The van der Waals surface area contributed by atoms with Gasteiger partial charge in [0.05, 0.1) is 5.02 Å². The Labute approximate surface area is 130 Å². The van der Waals surface area contributed by atoms with Crippen molar-refractivity contribution in [2.45, 2.75) is 12.8 Å². The average molecular weight is 334 g/mol. The van der Waals surface area contributed by atoms with E-state index in [1.807, 2.05) is 5.43 Å². The molecule has 0 bridgehead atoms. The molecule has 0 spiro atoms. The largest absolute Gasteiger partial charge is 0.550 e. The van der Waals surface area contributed by atoms with E-state index < -0.39 is 24.2 Å². The third kappa shape index (κ3) is 6.82. The lowest BCUT2D eigenvalue weighted by Gasteiger charge is -2.10. The quantitative estimate of drug-likeness (QED) is 0.715. The molecule has 0 atom stereocenters. The Kier molecular flexibility index (Phi) is 6.77. The third-order valence-electron chi connectivity index (χ3n) is 2.15. The highest BCUT2D eigenvalue weighted by Gasteiger charge is 2.08. The van der Waals surface area contributed by atoms with E-state index in [9.17, 15) is 19.5 Å². The molecule has 0 heterocycles. The lowest BCUT2D eigenvalue weighted by atomic mass is 10.3. The van der Waals surface area contributed by atoms with Gasteiger partial charge in [0.1, 0.15) is 5.75 Å². The number of nitrogens with one attached hydrogen (secondary N) is 2. The molecule has 0 aliphatic carbocycles. The zero-order valence-corrected chi connectivity index (χ0v) is 12.2. The van der Waals surface area contributed by atoms with E-state index in [-0.39, 0.29) is 23.8 Å². The molecule has 7 nitrogen and oxygen atoms in total. The van der Waals surface area contributed by atoms with Crippen molar-refractivity contribution in [1.82, 2.24) is 10.9 Å². The molecule has 0 aliphatic rings. The lowest BCUT2D eigenvalue weighted by molar-refractivity contribution is -0.305. The summed E-state index contributed by atoms with van der Waals surface area (Å²) >= 11 is 11.5. The standard InChI is InChI=1S/C12H12Cl2N2O5/c13-7-1-2-9(8(14)5-7)21-6-11(18)16-15-10(17)3-4-12(19)20/h1-2,5H,3-4,6H2,(H,15,17)(H,16,18)(H,19,20)/p-1. The summed E-state index contributed by atoms with van der Waals surface area (Å²) in [5.74, 6) is -2.38. The first-order valence-electron chi connectivity index (χ1n) is 5.74. The molecule has 1 aromatic carbocycles. The maximum Gasteiger partial charge on any atom is 0.276 e. The Morgan fingerprint density at radius 3 is 2.38 bits per heavy atom. The molecule has 9 heteroatoms. The minimum atomic E-state index is -1.35. The molecule has 0 fully saturated rings. The summed E-state index contributed by atoms with van der Waals surface area (Å²) in [5.41, 5.74) is 4.10. The molecule has 0 radical (unpaired) electrons. The van der Waals surface area contributed by atoms with E-state index in [4.69, 9.17) is 27.9 Å². The smallest absolute Gasteiger partial charge is 0.276 e. The van der Waals surface area contributed by atoms with E-state index in [0.29, 0.717) is 5.02 Å². The van der Waals surface area contributed by atoms with E-state index in [2.05, 4.69) is 5.43 Å². The highest BCUT2D eigenvalue weighted by Crippen LogP contribution is 2.27. The summed E-state index contributed by atoms with van der Waals surface area (Å²) in [5, 5.41) is 10.8. The normalized spacial score (nSPS) is 9.81. The number of rotatable bonds is 6. The second kappa shape index (κ2) is 8.33. The molecule has 114 valence electrons. The summed E-state index contributed by atoms with van der Waals surface area (Å²) in [6, 6.07) is 4.50. The molecule has 0 aliphatic heterocycles. The van der Waals surface area contributed by atoms with Crippen molar-refractivity contribution in [1.29, 1.82) is 0 Å². The molecule has 21 heavy (non-hydrogen) atoms. The average Bonchev–Trinajstić information content (AvgIpc) is 2.41. The van der Waals surface area contributed by atoms with Gasteiger partial charge in [-0.25, -0.2) is 0 Å². The number of hydrogen-bond acceptors (Lipinski definition) is 5. The molecule has 0 saturated carbocycles. The van der Waals surface area contributed by atoms with E-state index in [1.165, 1.54) is 12.1 Å². The van der Waals surface area contributed by atoms with Gasteiger partial charge in [0.25, 0.3) is 5.91 Å². The number of benzene rings is 1. The first-order chi connectivity index (χ1) is 9.88. The summed E-state index contributed by atoms with van der Waals surface area (Å²) < 4.78 is 5.13. The zero-order valence-electron chi connectivity index (χ0n) is 10.7. The number of hydrazine groups is 1. The lowest BCUT2D eigenvalue weighted by Crippen LogP contribution is -2.44. The fourth-order valence-electron chi connectivity index (χ4n) is 1.19. The fraction of sp³-hybridized carbons (Fsp3) is 0.250. The molecule has 0 unspecified atom stereocenters. The molecule has 2 amide bonds. The van der Waals surface area contributed by atoms with Crippen molar-refractivity contribution in [3.63, 3.8) is 0 Å². The molecular formula is C12H11Cl2N2O5-. The van der Waals surface area contributed by atoms with Gasteiger partial charge in [-0.1, -0.05) is 23.2 Å². The number of hydrogen-bond donors (Lipinski definition) is 2. The van der Waals surface area contributed by atoms with Crippen LogP contribution in [0, 0.1) is 0 Å². The molecule has 0 aromatic heterocycles. The zero-order chi connectivity index (χ0) is 15.8. The summed E-state index contributed by atoms with van der Waals surface area (Å²) in [6.45, 7) is -0.387. The molecule has 1 rings (SSSR count). The van der Waals surface area contributed by atoms with Crippen molar-refractivity contribution in [2.75, 3.05) is 6.61 Å². The van der Waals surface area contributed by atoms with Gasteiger partial charge in [-0.15, -0.1) is 0 Å². The number of amides is 2. The van der Waals surface area contributed by atoms with Crippen LogP contribution in [0.25, 0.3) is 0 Å². The Morgan fingerprint density at radius 2 is 1.76 bits per heavy atom. The number of carboxylic acid groups (broad SMARTS) is 1. The van der Waals surface area contributed by atoms with Crippen molar-refractivity contribution >= 4 is 41.0 Å². The van der Waals surface area contributed by atoms with Crippen LogP contribution in [-0.4, -0.2) is 24.4 Å². The highest BCUT2D eigenvalue weighted by atomic mass is 35.5. The van der Waals surface area contributed by atoms with Gasteiger partial charge < -0.3 is 14.6 Å². The minimum Gasteiger partial charge on any atom is -0.550 e. The van der Waals surface area contributed by atoms with Crippen LogP contribution in [-0.2, 0) is 14.4 Å². The van der Waals surface area contributed by atoms with Crippen molar-refractivity contribution in [2.24, 2.45) is 0 Å². The third-order valence-corrected chi connectivity index (χ3v) is 2.68. The molecule has 0 saturated heterocycles. The van der Waals surface area contributed by atoms with Crippen LogP contribution in [0.4, 0.5) is 0 Å². The van der Waals surface area contributed by atoms with Crippen LogP contribution in [0.2, 0.25) is 10.0 Å². The topological polar surface area (TPSA) is 108 Å². The highest BCUT2D eigenvalue weighted by molar-refractivity contribution is 6.35. The minimum absolute atomic E-state index is 0.244. The maximum absolute atomic E-state index is 11.4. The Morgan fingerprint density at radius 1 is 1.10 bits per heavy atom. The van der Waals surface area contributed by atoms with Gasteiger partial charge in [0.15, 0.2) is 6.61 Å². The Hall–Kier alpha value is -1.99. The van der Waals surface area contributed by atoms with E-state index in [1.54, 1.807) is 6.07 Å². The number of carbonyl (C=O) groups excluding carboxylic acids is 3. The van der Waals surface area contributed by atoms with Crippen molar-refractivity contribution in [3.05, 3.63) is 28.2 Å². The van der Waals surface area contributed by atoms with Crippen LogP contribution in [0.5, 0.6) is 5.75 Å². The first-order valence-corrected chi connectivity index (χ1v) is 6.49. The van der Waals surface area contributed by atoms with Crippen LogP contribution in [0.1, 0.15) is 12.8 Å². The second-order valence-corrected chi connectivity index (χ2v) is 4.68. The predicted octanol–water partition coefficient (Wildman–Crippen LogP) is 0.0497. The maximum atomic E-state index is 11.4. The van der Waals surface area contributed by atoms with Gasteiger partial charge in [0.2, 0.25) is 5.91 Å². The van der Waals surface area contributed by atoms with Crippen LogP contribution in [0.15, 0.2) is 18.2 Å². The summed E-state index contributed by atoms with van der Waals surface area (Å²) in [6.07, 6.45) is -0.731. The number of ether oxygens (including phenoxy) is 1. The molecule has 1 aromatic rings. The van der Waals surface area contributed by atoms with Gasteiger partial charge in [0, 0.05) is 17.4 Å². The Bertz CT molecular complexity index is 550. The number of carboxylic acids is 1. The predicted molar refractivity (Wildman–Crippen MR) is 72.5 cm³/mol. The SMILES string of the molecule is O=C([O-])CCC(=O)NNC(=O)COc1ccc(Cl)cc1Cl. The van der Waals surface area contributed by atoms with Gasteiger partial charge in [-0.05, 0) is 24.6 Å². The number of aliphatic carboxylic acids is 1. The number of carbonyl (C=O) groups is 3. The summed E-state index contributed by atoms with van der Waals surface area (Å²) in [4.78, 5) is 32.6. The van der Waals surface area contributed by atoms with Crippen LogP contribution < -0.4 is 20.7 Å². The monoisotopic (exact) mass is 333 g/mol. The van der Waals surface area contributed by atoms with Crippen molar-refractivity contribution in [3.8, 4) is 5.75 Å². The fourth-order valence-corrected chi connectivity index (χ4v) is 1.65. The number of halogens is 2. The van der Waals surface area contributed by atoms with E-state index in [0.717, 1.165) is 0 Å². The van der Waals surface area contributed by atoms with Crippen LogP contribution in [0.3, 0.4) is 0 Å². The van der Waals surface area contributed by atoms with Gasteiger partial charge in [-0.2, -0.15) is 0 Å². The summed E-state index contributed by atoms with van der Waals surface area (Å²) in [7, 11) is 0. The van der Waals surface area contributed by atoms with Crippen molar-refractivity contribution < 1.29 is 24.2 Å². The Balaban J connectivity index is 2.31.